The normalized spacial score (nSPS) is 15.6. The van der Waals surface area contributed by atoms with E-state index in [0.717, 1.165) is 13.1 Å². The quantitative estimate of drug-likeness (QED) is 0.615. The van der Waals surface area contributed by atoms with Gasteiger partial charge in [0.2, 0.25) is 0 Å². The van der Waals surface area contributed by atoms with Crippen LogP contribution < -0.4 is 5.32 Å². The Morgan fingerprint density at radius 1 is 1.27 bits per heavy atom. The molecule has 2 unspecified atom stereocenters. The van der Waals surface area contributed by atoms with Crippen LogP contribution in [0.3, 0.4) is 0 Å². The van der Waals surface area contributed by atoms with Crippen LogP contribution >= 0.6 is 11.8 Å². The molecule has 0 fully saturated rings. The van der Waals surface area contributed by atoms with E-state index in [-0.39, 0.29) is 0 Å². The number of hydrogen-bond acceptors (Lipinski definition) is 3. The molecule has 0 radical (unpaired) electrons. The number of hydrogen-bond donors (Lipinski definition) is 1. The molecule has 0 spiro atoms. The van der Waals surface area contributed by atoms with Gasteiger partial charge >= 0.3 is 0 Å². The summed E-state index contributed by atoms with van der Waals surface area (Å²) in [4.78, 5) is 2.48. The summed E-state index contributed by atoms with van der Waals surface area (Å²) in [6.07, 6.45) is 4.69. The molecule has 0 amide bonds. The highest BCUT2D eigenvalue weighted by molar-refractivity contribution is 7.98. The summed E-state index contributed by atoms with van der Waals surface area (Å²) in [6, 6.07) is 1.32. The third-order valence-electron chi connectivity index (χ3n) is 3.00. The summed E-state index contributed by atoms with van der Waals surface area (Å²) in [6.45, 7) is 9.08. The topological polar surface area (TPSA) is 15.3 Å². The van der Waals surface area contributed by atoms with Gasteiger partial charge < -0.3 is 5.32 Å². The molecule has 0 saturated carbocycles. The SMILES string of the molecule is CCCNCC(C)N(C)C(C)CCSC. The molecule has 0 aromatic rings. The first kappa shape index (κ1) is 15.3. The average molecular weight is 232 g/mol. The van der Waals surface area contributed by atoms with Gasteiger partial charge in [-0.1, -0.05) is 6.92 Å². The van der Waals surface area contributed by atoms with Crippen LogP contribution in [-0.4, -0.2) is 49.1 Å². The monoisotopic (exact) mass is 232 g/mol. The molecule has 0 aliphatic rings. The van der Waals surface area contributed by atoms with Crippen LogP contribution in [-0.2, 0) is 0 Å². The lowest BCUT2D eigenvalue weighted by Gasteiger charge is -2.31. The molecule has 0 bridgehead atoms. The number of nitrogens with zero attached hydrogens (tertiary/aromatic N) is 1. The summed E-state index contributed by atoms with van der Waals surface area (Å²) in [7, 11) is 2.24. The van der Waals surface area contributed by atoms with Crippen molar-refractivity contribution in [1.82, 2.24) is 10.2 Å². The van der Waals surface area contributed by atoms with Crippen molar-refractivity contribution in [2.24, 2.45) is 0 Å². The molecule has 0 saturated heterocycles. The highest BCUT2D eigenvalue weighted by Crippen LogP contribution is 2.08. The predicted octanol–water partition coefficient (Wildman–Crippen LogP) is 2.45. The second-order valence-corrected chi connectivity index (χ2v) is 5.33. The Balaban J connectivity index is 3.69. The van der Waals surface area contributed by atoms with Gasteiger partial charge in [0.05, 0.1) is 0 Å². The van der Waals surface area contributed by atoms with Crippen LogP contribution in [0.1, 0.15) is 33.6 Å². The van der Waals surface area contributed by atoms with Crippen LogP contribution in [0, 0.1) is 0 Å². The Morgan fingerprint density at radius 2 is 1.93 bits per heavy atom. The van der Waals surface area contributed by atoms with Crippen molar-refractivity contribution >= 4 is 11.8 Å². The van der Waals surface area contributed by atoms with Crippen molar-refractivity contribution in [1.29, 1.82) is 0 Å². The van der Waals surface area contributed by atoms with E-state index in [2.05, 4.69) is 44.3 Å². The standard InChI is InChI=1S/C12H28N2S/c1-6-8-13-10-12(3)14(4)11(2)7-9-15-5/h11-13H,6-10H2,1-5H3. The molecule has 15 heavy (non-hydrogen) atoms. The third-order valence-corrected chi connectivity index (χ3v) is 3.64. The molecule has 0 aromatic carbocycles. The van der Waals surface area contributed by atoms with E-state index in [1.165, 1.54) is 18.6 Å². The number of likely N-dealkylation sites (N-methyl/N-ethyl adjacent to an activating group) is 1. The fourth-order valence-electron chi connectivity index (χ4n) is 1.56. The van der Waals surface area contributed by atoms with Gasteiger partial charge in [0.1, 0.15) is 0 Å². The van der Waals surface area contributed by atoms with Crippen LogP contribution in [0.15, 0.2) is 0 Å². The van der Waals surface area contributed by atoms with Crippen LogP contribution in [0.5, 0.6) is 0 Å². The van der Waals surface area contributed by atoms with Gasteiger partial charge in [-0.25, -0.2) is 0 Å². The van der Waals surface area contributed by atoms with E-state index in [9.17, 15) is 0 Å². The summed E-state index contributed by atoms with van der Waals surface area (Å²) < 4.78 is 0. The lowest BCUT2D eigenvalue weighted by atomic mass is 10.2. The van der Waals surface area contributed by atoms with Gasteiger partial charge in [-0.15, -0.1) is 0 Å². The Hall–Kier alpha value is 0.270. The zero-order valence-electron chi connectivity index (χ0n) is 11.0. The highest BCUT2D eigenvalue weighted by Gasteiger charge is 2.14. The molecule has 92 valence electrons. The molecular weight excluding hydrogens is 204 g/mol. The number of nitrogens with one attached hydrogen (secondary N) is 1. The third kappa shape index (κ3) is 7.20. The second-order valence-electron chi connectivity index (χ2n) is 4.35. The first-order valence-electron chi connectivity index (χ1n) is 6.05. The minimum atomic E-state index is 0.633. The first-order valence-corrected chi connectivity index (χ1v) is 7.44. The zero-order chi connectivity index (χ0) is 11.7. The van der Waals surface area contributed by atoms with Crippen LogP contribution in [0.4, 0.5) is 0 Å². The molecule has 0 aliphatic carbocycles. The number of thioether (sulfide) groups is 1. The Morgan fingerprint density at radius 3 is 2.47 bits per heavy atom. The van der Waals surface area contributed by atoms with Crippen LogP contribution in [0.2, 0.25) is 0 Å². The average Bonchev–Trinajstić information content (AvgIpc) is 2.24. The maximum atomic E-state index is 3.48. The summed E-state index contributed by atoms with van der Waals surface area (Å²) in [5, 5.41) is 3.48. The first-order chi connectivity index (χ1) is 7.13. The lowest BCUT2D eigenvalue weighted by molar-refractivity contribution is 0.189. The Labute approximate surface area is 100 Å². The van der Waals surface area contributed by atoms with Crippen molar-refractivity contribution in [3.05, 3.63) is 0 Å². The van der Waals surface area contributed by atoms with Gasteiger partial charge in [0, 0.05) is 18.6 Å². The molecule has 0 aromatic heterocycles. The molecule has 2 atom stereocenters. The predicted molar refractivity (Wildman–Crippen MR) is 72.8 cm³/mol. The molecular formula is C12H28N2S. The smallest absolute Gasteiger partial charge is 0.0192 e. The van der Waals surface area contributed by atoms with Crippen molar-refractivity contribution < 1.29 is 0 Å². The molecule has 2 nitrogen and oxygen atoms in total. The van der Waals surface area contributed by atoms with E-state index in [1.807, 2.05) is 11.8 Å². The summed E-state index contributed by atoms with van der Waals surface area (Å²) >= 11 is 1.94. The molecule has 0 rings (SSSR count). The van der Waals surface area contributed by atoms with E-state index in [4.69, 9.17) is 0 Å². The van der Waals surface area contributed by atoms with E-state index < -0.39 is 0 Å². The summed E-state index contributed by atoms with van der Waals surface area (Å²) in [5.74, 6) is 1.26. The molecule has 1 N–H and O–H groups in total. The van der Waals surface area contributed by atoms with Crippen molar-refractivity contribution in [2.75, 3.05) is 32.1 Å². The van der Waals surface area contributed by atoms with Gasteiger partial charge in [-0.3, -0.25) is 4.90 Å². The zero-order valence-corrected chi connectivity index (χ0v) is 11.9. The van der Waals surface area contributed by atoms with Gasteiger partial charge in [0.15, 0.2) is 0 Å². The Kier molecular flexibility index (Phi) is 9.66. The highest BCUT2D eigenvalue weighted by atomic mass is 32.2. The lowest BCUT2D eigenvalue weighted by Crippen LogP contribution is -2.43. The van der Waals surface area contributed by atoms with Gasteiger partial charge in [-0.05, 0) is 52.3 Å². The van der Waals surface area contributed by atoms with Gasteiger partial charge in [-0.2, -0.15) is 11.8 Å². The maximum absolute atomic E-state index is 3.48. The Bertz CT molecular complexity index is 142. The number of rotatable bonds is 9. The van der Waals surface area contributed by atoms with Crippen molar-refractivity contribution in [2.45, 2.75) is 45.7 Å². The minimum Gasteiger partial charge on any atom is -0.315 e. The summed E-state index contributed by atoms with van der Waals surface area (Å²) in [5.41, 5.74) is 0. The molecule has 0 heterocycles. The van der Waals surface area contributed by atoms with Crippen LogP contribution in [0.25, 0.3) is 0 Å². The fraction of sp³-hybridized carbons (Fsp3) is 1.00. The maximum Gasteiger partial charge on any atom is 0.0192 e. The fourth-order valence-corrected chi connectivity index (χ4v) is 2.13. The van der Waals surface area contributed by atoms with E-state index in [0.29, 0.717) is 12.1 Å². The van der Waals surface area contributed by atoms with Crippen molar-refractivity contribution in [3.8, 4) is 0 Å². The van der Waals surface area contributed by atoms with E-state index >= 15 is 0 Å². The van der Waals surface area contributed by atoms with E-state index in [1.54, 1.807) is 0 Å². The van der Waals surface area contributed by atoms with Gasteiger partial charge in [0.25, 0.3) is 0 Å². The second kappa shape index (κ2) is 9.49. The molecule has 3 heteroatoms. The minimum absolute atomic E-state index is 0.633. The molecule has 0 aliphatic heterocycles. The van der Waals surface area contributed by atoms with Crippen molar-refractivity contribution in [3.63, 3.8) is 0 Å². The largest absolute Gasteiger partial charge is 0.315 e.